The summed E-state index contributed by atoms with van der Waals surface area (Å²) in [4.78, 5) is 25.6. The minimum absolute atomic E-state index is 0.135. The molecule has 0 bridgehead atoms. The maximum Gasteiger partial charge on any atom is 0.338 e. The Balaban J connectivity index is 1.11. The summed E-state index contributed by atoms with van der Waals surface area (Å²) in [5, 5.41) is 22.5. The first-order valence-electron chi connectivity index (χ1n) is 11.6. The number of esters is 2. The van der Waals surface area contributed by atoms with E-state index in [9.17, 15) is 19.8 Å². The van der Waals surface area contributed by atoms with E-state index in [2.05, 4.69) is 0 Å². The van der Waals surface area contributed by atoms with Crippen molar-refractivity contribution in [2.45, 2.75) is 24.4 Å². The molecular weight excluding hydrogens is 464 g/mol. The predicted molar refractivity (Wildman–Crippen MR) is 129 cm³/mol. The summed E-state index contributed by atoms with van der Waals surface area (Å²) < 4.78 is 23.0. The number of carbonyl (C=O) groups excluding carboxylic acids is 2. The number of ether oxygens (including phenoxy) is 4. The molecule has 0 spiro atoms. The van der Waals surface area contributed by atoms with E-state index in [4.69, 9.17) is 18.9 Å². The highest BCUT2D eigenvalue weighted by Crippen LogP contribution is 2.32. The minimum Gasteiger partial charge on any atom is -0.508 e. The molecule has 2 unspecified atom stereocenters. The van der Waals surface area contributed by atoms with Crippen molar-refractivity contribution >= 4 is 33.5 Å². The monoisotopic (exact) mass is 486 g/mol. The normalized spacial score (nSPS) is 23.0. The average molecular weight is 486 g/mol. The Labute approximate surface area is 205 Å². The van der Waals surface area contributed by atoms with Crippen LogP contribution in [-0.2, 0) is 18.9 Å². The number of rotatable bonds is 4. The molecule has 2 N–H and O–H groups in total. The highest BCUT2D eigenvalue weighted by molar-refractivity contribution is 5.96. The SMILES string of the molecule is O=C(O[C@H]1COC2C1OC[C@H]2OC(=O)c1ccc2cc(O)ccc2c1)c1ccc2cc(O)ccc2c1. The Bertz CT molecular complexity index is 1380. The summed E-state index contributed by atoms with van der Waals surface area (Å²) in [5.74, 6) is -0.709. The van der Waals surface area contributed by atoms with Gasteiger partial charge in [-0.25, -0.2) is 9.59 Å². The van der Waals surface area contributed by atoms with Crippen LogP contribution in [0.4, 0.5) is 0 Å². The maximum absolute atomic E-state index is 12.8. The van der Waals surface area contributed by atoms with Crippen molar-refractivity contribution in [3.8, 4) is 11.5 Å². The van der Waals surface area contributed by atoms with Crippen molar-refractivity contribution in [2.75, 3.05) is 13.2 Å². The van der Waals surface area contributed by atoms with Crippen molar-refractivity contribution in [3.05, 3.63) is 83.9 Å². The lowest BCUT2D eigenvalue weighted by Gasteiger charge is -2.17. The van der Waals surface area contributed by atoms with Gasteiger partial charge >= 0.3 is 11.9 Å². The summed E-state index contributed by atoms with van der Waals surface area (Å²) in [6.07, 6.45) is -2.34. The van der Waals surface area contributed by atoms with E-state index in [0.29, 0.717) is 11.1 Å². The van der Waals surface area contributed by atoms with E-state index in [-0.39, 0.29) is 24.7 Å². The van der Waals surface area contributed by atoms with Crippen LogP contribution < -0.4 is 0 Å². The average Bonchev–Trinajstić information content (AvgIpc) is 3.46. The number of fused-ring (bicyclic) bond motifs is 3. The molecule has 2 heterocycles. The molecule has 0 amide bonds. The van der Waals surface area contributed by atoms with E-state index < -0.39 is 36.4 Å². The molecule has 8 nitrogen and oxygen atoms in total. The van der Waals surface area contributed by atoms with Crippen LogP contribution in [0.5, 0.6) is 11.5 Å². The van der Waals surface area contributed by atoms with Crippen molar-refractivity contribution in [3.63, 3.8) is 0 Å². The van der Waals surface area contributed by atoms with Gasteiger partial charge in [0.15, 0.2) is 12.2 Å². The lowest BCUT2D eigenvalue weighted by atomic mass is 10.1. The Morgan fingerprint density at radius 2 is 1.00 bits per heavy atom. The number of carbonyl (C=O) groups is 2. The zero-order chi connectivity index (χ0) is 24.8. The van der Waals surface area contributed by atoms with Gasteiger partial charge in [-0.3, -0.25) is 0 Å². The van der Waals surface area contributed by atoms with Gasteiger partial charge in [0.25, 0.3) is 0 Å². The molecule has 36 heavy (non-hydrogen) atoms. The van der Waals surface area contributed by atoms with Gasteiger partial charge in [-0.05, 0) is 70.1 Å². The highest BCUT2D eigenvalue weighted by atomic mass is 16.7. The summed E-state index contributed by atoms with van der Waals surface area (Å²) in [7, 11) is 0. The van der Waals surface area contributed by atoms with E-state index in [1.807, 2.05) is 0 Å². The molecule has 4 aromatic rings. The summed E-state index contributed by atoms with van der Waals surface area (Å²) in [6.45, 7) is 0.270. The molecule has 6 rings (SSSR count). The number of hydrogen-bond acceptors (Lipinski definition) is 8. The van der Waals surface area contributed by atoms with Crippen molar-refractivity contribution in [1.82, 2.24) is 0 Å². The molecule has 2 saturated heterocycles. The lowest BCUT2D eigenvalue weighted by molar-refractivity contribution is -0.0287. The fourth-order valence-corrected chi connectivity index (χ4v) is 4.76. The summed E-state index contributed by atoms with van der Waals surface area (Å²) in [5.41, 5.74) is 0.754. The van der Waals surface area contributed by atoms with Crippen LogP contribution in [0.1, 0.15) is 20.7 Å². The smallest absolute Gasteiger partial charge is 0.338 e. The molecule has 2 fully saturated rings. The number of phenols is 2. The molecule has 0 radical (unpaired) electrons. The fraction of sp³-hybridized carbons (Fsp3) is 0.214. The molecule has 0 aromatic heterocycles. The van der Waals surface area contributed by atoms with Crippen LogP contribution in [-0.4, -0.2) is 59.8 Å². The molecule has 182 valence electrons. The fourth-order valence-electron chi connectivity index (χ4n) is 4.76. The van der Waals surface area contributed by atoms with E-state index >= 15 is 0 Å². The standard InChI is InChI=1S/C28H22O8/c29-21-7-5-15-9-19(3-1-17(15)11-21)27(31)35-23-13-33-26-24(14-34-25(23)26)36-28(32)20-4-2-18-12-22(30)8-6-16(18)10-20/h1-12,23-26,29-30H,13-14H2/t23-,24+,25?,26?. The van der Waals surface area contributed by atoms with Gasteiger partial charge in [-0.15, -0.1) is 0 Å². The third kappa shape index (κ3) is 4.10. The highest BCUT2D eigenvalue weighted by Gasteiger charge is 2.51. The van der Waals surface area contributed by atoms with Gasteiger partial charge in [0.05, 0.1) is 24.3 Å². The van der Waals surface area contributed by atoms with Crippen molar-refractivity contribution < 1.29 is 38.7 Å². The topological polar surface area (TPSA) is 112 Å². The van der Waals surface area contributed by atoms with Crippen LogP contribution in [0, 0.1) is 0 Å². The first kappa shape index (κ1) is 22.3. The van der Waals surface area contributed by atoms with Crippen molar-refractivity contribution in [2.24, 2.45) is 0 Å². The second-order valence-corrected chi connectivity index (χ2v) is 8.98. The van der Waals surface area contributed by atoms with Gasteiger partial charge in [0, 0.05) is 0 Å². The zero-order valence-corrected chi connectivity index (χ0v) is 19.0. The van der Waals surface area contributed by atoms with Gasteiger partial charge < -0.3 is 29.2 Å². The van der Waals surface area contributed by atoms with Gasteiger partial charge in [-0.1, -0.05) is 24.3 Å². The molecule has 0 aliphatic carbocycles. The van der Waals surface area contributed by atoms with Crippen LogP contribution in [0.2, 0.25) is 0 Å². The number of phenolic OH excluding ortho intramolecular Hbond substituents is 2. The second-order valence-electron chi connectivity index (χ2n) is 8.98. The molecular formula is C28H22O8. The largest absolute Gasteiger partial charge is 0.508 e. The number of hydrogen-bond donors (Lipinski definition) is 2. The van der Waals surface area contributed by atoms with Gasteiger partial charge in [0.1, 0.15) is 23.7 Å². The third-order valence-electron chi connectivity index (χ3n) is 6.60. The Morgan fingerprint density at radius 3 is 1.44 bits per heavy atom. The molecule has 2 aliphatic heterocycles. The van der Waals surface area contributed by atoms with E-state index in [1.54, 1.807) is 72.8 Å². The van der Waals surface area contributed by atoms with E-state index in [1.165, 1.54) is 0 Å². The van der Waals surface area contributed by atoms with Crippen LogP contribution in [0.25, 0.3) is 21.5 Å². The predicted octanol–water partition coefficient (Wildman–Crippen LogP) is 3.95. The van der Waals surface area contributed by atoms with Crippen LogP contribution in [0.3, 0.4) is 0 Å². The molecule has 8 heteroatoms. The first-order valence-corrected chi connectivity index (χ1v) is 11.6. The maximum atomic E-state index is 12.8. The summed E-state index contributed by atoms with van der Waals surface area (Å²) in [6, 6.07) is 20.0. The Kier molecular flexibility index (Phi) is 5.47. The third-order valence-corrected chi connectivity index (χ3v) is 6.60. The number of aromatic hydroxyl groups is 2. The summed E-state index contributed by atoms with van der Waals surface area (Å²) >= 11 is 0. The minimum atomic E-state index is -0.630. The molecule has 4 aromatic carbocycles. The van der Waals surface area contributed by atoms with Crippen LogP contribution >= 0.6 is 0 Å². The quantitative estimate of drug-likeness (QED) is 0.417. The zero-order valence-electron chi connectivity index (χ0n) is 19.0. The van der Waals surface area contributed by atoms with Crippen LogP contribution in [0.15, 0.2) is 72.8 Å². The lowest BCUT2D eigenvalue weighted by Crippen LogP contribution is -2.36. The Morgan fingerprint density at radius 1 is 0.611 bits per heavy atom. The first-order chi connectivity index (χ1) is 17.4. The molecule has 4 atom stereocenters. The van der Waals surface area contributed by atoms with Gasteiger partial charge in [0.2, 0.25) is 0 Å². The van der Waals surface area contributed by atoms with Gasteiger partial charge in [-0.2, -0.15) is 0 Å². The Hall–Kier alpha value is -4.14. The number of benzene rings is 4. The van der Waals surface area contributed by atoms with Crippen molar-refractivity contribution in [1.29, 1.82) is 0 Å². The molecule has 0 saturated carbocycles. The second kappa shape index (κ2) is 8.82. The van der Waals surface area contributed by atoms with E-state index in [0.717, 1.165) is 21.5 Å². The molecule has 2 aliphatic rings.